The first-order valence-electron chi connectivity index (χ1n) is 8.41. The van der Waals surface area contributed by atoms with E-state index in [9.17, 15) is 14.0 Å². The monoisotopic (exact) mass is 385 g/mol. The normalized spacial score (nSPS) is 11.8. The van der Waals surface area contributed by atoms with Crippen LogP contribution >= 0.6 is 11.6 Å². The summed E-state index contributed by atoms with van der Waals surface area (Å²) in [6, 6.07) is 15.5. The second kappa shape index (κ2) is 8.14. The molecule has 1 heterocycles. The van der Waals surface area contributed by atoms with Crippen LogP contribution in [0.3, 0.4) is 0 Å². The summed E-state index contributed by atoms with van der Waals surface area (Å²) in [4.78, 5) is 25.0. The van der Waals surface area contributed by atoms with Crippen molar-refractivity contribution in [2.24, 2.45) is 0 Å². The molecule has 3 aromatic rings. The molecule has 0 aliphatic carbocycles. The minimum absolute atomic E-state index is 0.0952. The number of aromatic nitrogens is 2. The van der Waals surface area contributed by atoms with Gasteiger partial charge in [-0.25, -0.2) is 9.07 Å². The van der Waals surface area contributed by atoms with Gasteiger partial charge >= 0.3 is 0 Å². The topological polar surface area (TPSA) is 64.0 Å². The van der Waals surface area contributed by atoms with Crippen molar-refractivity contribution < 1.29 is 9.18 Å². The first-order chi connectivity index (χ1) is 13.0. The van der Waals surface area contributed by atoms with E-state index in [4.69, 9.17) is 11.6 Å². The van der Waals surface area contributed by atoms with Gasteiger partial charge in [0.2, 0.25) is 5.91 Å². The van der Waals surface area contributed by atoms with Crippen molar-refractivity contribution in [1.29, 1.82) is 0 Å². The van der Waals surface area contributed by atoms with Crippen LogP contribution in [0.4, 0.5) is 10.1 Å². The van der Waals surface area contributed by atoms with E-state index >= 15 is 0 Å². The van der Waals surface area contributed by atoms with Gasteiger partial charge in [-0.3, -0.25) is 9.59 Å². The molecule has 1 amide bonds. The molecule has 0 saturated heterocycles. The van der Waals surface area contributed by atoms with Gasteiger partial charge in [0.15, 0.2) is 0 Å². The van der Waals surface area contributed by atoms with Crippen LogP contribution in [0.5, 0.6) is 0 Å². The van der Waals surface area contributed by atoms with Crippen LogP contribution in [0.15, 0.2) is 65.5 Å². The van der Waals surface area contributed by atoms with Gasteiger partial charge in [-0.15, -0.1) is 0 Å². The number of hydrogen-bond acceptors (Lipinski definition) is 3. The Labute approximate surface area is 160 Å². The van der Waals surface area contributed by atoms with Gasteiger partial charge in [-0.05, 0) is 30.7 Å². The first-order valence-corrected chi connectivity index (χ1v) is 8.78. The Morgan fingerprint density at radius 2 is 1.93 bits per heavy atom. The number of halogens is 2. The van der Waals surface area contributed by atoms with Gasteiger partial charge < -0.3 is 5.32 Å². The van der Waals surface area contributed by atoms with Crippen LogP contribution < -0.4 is 10.9 Å². The Kier molecular flexibility index (Phi) is 5.66. The van der Waals surface area contributed by atoms with Crippen LogP contribution in [0, 0.1) is 5.82 Å². The Hall–Kier alpha value is -2.99. The smallest absolute Gasteiger partial charge is 0.267 e. The Bertz CT molecular complexity index is 1020. The Morgan fingerprint density at radius 1 is 1.19 bits per heavy atom. The van der Waals surface area contributed by atoms with Gasteiger partial charge in [0.25, 0.3) is 5.56 Å². The summed E-state index contributed by atoms with van der Waals surface area (Å²) in [5.74, 6) is -1.00. The highest BCUT2D eigenvalue weighted by atomic mass is 35.5. The molecular weight excluding hydrogens is 369 g/mol. The zero-order valence-electron chi connectivity index (χ0n) is 14.5. The van der Waals surface area contributed by atoms with Gasteiger partial charge in [0, 0.05) is 17.3 Å². The number of amides is 1. The summed E-state index contributed by atoms with van der Waals surface area (Å²) in [5.41, 5.74) is 1.39. The number of hydrogen-bond donors (Lipinski definition) is 1. The minimum Gasteiger partial charge on any atom is -0.324 e. The second-order valence-electron chi connectivity index (χ2n) is 5.91. The lowest BCUT2D eigenvalue weighted by atomic mass is 10.1. The Balaban J connectivity index is 1.91. The largest absolute Gasteiger partial charge is 0.324 e. The van der Waals surface area contributed by atoms with Crippen LogP contribution in [0.25, 0.3) is 11.3 Å². The maximum Gasteiger partial charge on any atom is 0.267 e. The summed E-state index contributed by atoms with van der Waals surface area (Å²) in [7, 11) is 0. The number of anilines is 1. The van der Waals surface area contributed by atoms with Crippen molar-refractivity contribution in [3.63, 3.8) is 0 Å². The van der Waals surface area contributed by atoms with E-state index in [1.54, 1.807) is 13.0 Å². The second-order valence-corrected chi connectivity index (χ2v) is 6.32. The van der Waals surface area contributed by atoms with Crippen molar-refractivity contribution in [1.82, 2.24) is 9.78 Å². The van der Waals surface area contributed by atoms with Crippen LogP contribution in [-0.4, -0.2) is 15.7 Å². The number of benzene rings is 2. The van der Waals surface area contributed by atoms with E-state index in [-0.39, 0.29) is 10.6 Å². The van der Waals surface area contributed by atoms with Crippen molar-refractivity contribution in [3.8, 4) is 11.3 Å². The van der Waals surface area contributed by atoms with Crippen LogP contribution in [0.1, 0.15) is 19.4 Å². The number of carbonyl (C=O) groups excluding carboxylic acids is 1. The molecule has 0 aliphatic rings. The third-order valence-corrected chi connectivity index (χ3v) is 4.36. The molecule has 0 radical (unpaired) electrons. The summed E-state index contributed by atoms with van der Waals surface area (Å²) in [6.45, 7) is 1.78. The van der Waals surface area contributed by atoms with E-state index in [2.05, 4.69) is 10.4 Å². The number of rotatable bonds is 5. The van der Waals surface area contributed by atoms with Crippen molar-refractivity contribution in [2.45, 2.75) is 19.4 Å². The molecule has 0 fully saturated rings. The molecule has 3 rings (SSSR count). The standard InChI is InChI=1S/C20H17ClFN3O2/c1-2-18(20(27)23-14-8-9-16(22)15(21)12-14)25-19(26)11-10-17(24-25)13-6-4-3-5-7-13/h3-12,18H,2H2,1H3,(H,23,27)/t18-/m0/s1. The molecule has 0 bridgehead atoms. The van der Waals surface area contributed by atoms with Crippen molar-refractivity contribution >= 4 is 23.2 Å². The zero-order chi connectivity index (χ0) is 19.4. The van der Waals surface area contributed by atoms with Gasteiger partial charge in [-0.2, -0.15) is 5.10 Å². The molecule has 0 unspecified atom stereocenters. The summed E-state index contributed by atoms with van der Waals surface area (Å²) < 4.78 is 14.5. The molecule has 0 aliphatic heterocycles. The third kappa shape index (κ3) is 4.23. The van der Waals surface area contributed by atoms with Crippen molar-refractivity contribution in [2.75, 3.05) is 5.32 Å². The molecule has 0 saturated carbocycles. The lowest BCUT2D eigenvalue weighted by Gasteiger charge is -2.17. The SMILES string of the molecule is CC[C@@H](C(=O)Nc1ccc(F)c(Cl)c1)n1nc(-c2ccccc2)ccc1=O. The number of carbonyl (C=O) groups is 1. The van der Waals surface area contributed by atoms with E-state index in [1.165, 1.54) is 28.9 Å². The molecule has 2 aromatic carbocycles. The fraction of sp³-hybridized carbons (Fsp3) is 0.150. The molecule has 0 spiro atoms. The van der Waals surface area contributed by atoms with Gasteiger partial charge in [-0.1, -0.05) is 48.9 Å². The quantitative estimate of drug-likeness (QED) is 0.712. The van der Waals surface area contributed by atoms with Crippen molar-refractivity contribution in [3.05, 3.63) is 81.9 Å². The lowest BCUT2D eigenvalue weighted by Crippen LogP contribution is -2.34. The molecule has 5 nitrogen and oxygen atoms in total. The van der Waals surface area contributed by atoms with Crippen LogP contribution in [-0.2, 0) is 4.79 Å². The summed E-state index contributed by atoms with van der Waals surface area (Å²) >= 11 is 5.75. The maximum atomic E-state index is 13.3. The van der Waals surface area contributed by atoms with E-state index in [0.717, 1.165) is 5.56 Å². The van der Waals surface area contributed by atoms with E-state index in [1.807, 2.05) is 30.3 Å². The molecule has 1 N–H and O–H groups in total. The molecule has 7 heteroatoms. The molecule has 1 atom stereocenters. The summed E-state index contributed by atoms with van der Waals surface area (Å²) in [5, 5.41) is 6.93. The predicted octanol–water partition coefficient (Wildman–Crippen LogP) is 4.29. The zero-order valence-corrected chi connectivity index (χ0v) is 15.3. The highest BCUT2D eigenvalue weighted by molar-refractivity contribution is 6.31. The van der Waals surface area contributed by atoms with E-state index in [0.29, 0.717) is 17.8 Å². The predicted molar refractivity (Wildman–Crippen MR) is 103 cm³/mol. The molecule has 27 heavy (non-hydrogen) atoms. The summed E-state index contributed by atoms with van der Waals surface area (Å²) in [6.07, 6.45) is 0.353. The minimum atomic E-state index is -0.815. The Morgan fingerprint density at radius 3 is 2.59 bits per heavy atom. The number of nitrogens with one attached hydrogen (secondary N) is 1. The van der Waals surface area contributed by atoms with Gasteiger partial charge in [0.1, 0.15) is 11.9 Å². The molecular formula is C20H17ClFN3O2. The van der Waals surface area contributed by atoms with Gasteiger partial charge in [0.05, 0.1) is 10.7 Å². The van der Waals surface area contributed by atoms with E-state index < -0.39 is 17.8 Å². The number of nitrogens with zero attached hydrogens (tertiary/aromatic N) is 2. The first kappa shape index (κ1) is 18.8. The lowest BCUT2D eigenvalue weighted by molar-refractivity contribution is -0.119. The highest BCUT2D eigenvalue weighted by Crippen LogP contribution is 2.21. The molecule has 138 valence electrons. The molecule has 1 aromatic heterocycles. The maximum absolute atomic E-state index is 13.3. The fourth-order valence-corrected chi connectivity index (χ4v) is 2.86. The average molecular weight is 386 g/mol. The third-order valence-electron chi connectivity index (χ3n) is 4.07. The highest BCUT2D eigenvalue weighted by Gasteiger charge is 2.21. The van der Waals surface area contributed by atoms with Crippen LogP contribution in [0.2, 0.25) is 5.02 Å². The average Bonchev–Trinajstić information content (AvgIpc) is 2.67. The fourth-order valence-electron chi connectivity index (χ4n) is 2.68.